The molecule has 19 heavy (non-hydrogen) atoms. The summed E-state index contributed by atoms with van der Waals surface area (Å²) in [5, 5.41) is 24.3. The van der Waals surface area contributed by atoms with E-state index in [-0.39, 0.29) is 17.9 Å². The number of thiazole rings is 1. The summed E-state index contributed by atoms with van der Waals surface area (Å²) in [5.41, 5.74) is 0.135. The van der Waals surface area contributed by atoms with Crippen molar-refractivity contribution in [1.29, 1.82) is 0 Å². The Kier molecular flexibility index (Phi) is 3.66. The molecule has 9 heteroatoms. The molecular formula is C10H8N4O4S. The Hall–Kier alpha value is -2.55. The first-order chi connectivity index (χ1) is 9.08. The largest absolute Gasteiger partial charge is 0.476 e. The quantitative estimate of drug-likeness (QED) is 0.632. The Morgan fingerprint density at radius 3 is 3.00 bits per heavy atom. The third-order valence-corrected chi connectivity index (χ3v) is 3.05. The molecule has 0 amide bonds. The molecule has 0 fully saturated rings. The summed E-state index contributed by atoms with van der Waals surface area (Å²) in [5.74, 6) is -1.10. The van der Waals surface area contributed by atoms with Gasteiger partial charge in [-0.1, -0.05) is 0 Å². The van der Waals surface area contributed by atoms with E-state index in [1.807, 2.05) is 0 Å². The number of rotatable bonds is 5. The molecule has 8 nitrogen and oxygen atoms in total. The summed E-state index contributed by atoms with van der Waals surface area (Å²) in [4.78, 5) is 28.4. The molecule has 0 bridgehead atoms. The van der Waals surface area contributed by atoms with E-state index < -0.39 is 10.9 Å². The van der Waals surface area contributed by atoms with Gasteiger partial charge in [-0.3, -0.25) is 15.1 Å². The standard InChI is InChI=1S/C10H8N4O4S/c15-10(16)7-5-19-9(13-7)4-12-6-1-2-11-3-8(6)14(17)18/h1-3,5H,4H2,(H,11,12)(H,15,16). The van der Waals surface area contributed by atoms with Gasteiger partial charge in [-0.05, 0) is 6.07 Å². The average Bonchev–Trinajstić information content (AvgIpc) is 2.85. The number of anilines is 1. The van der Waals surface area contributed by atoms with Crippen LogP contribution in [0.4, 0.5) is 11.4 Å². The van der Waals surface area contributed by atoms with Gasteiger partial charge in [0, 0.05) is 11.6 Å². The van der Waals surface area contributed by atoms with E-state index in [0.717, 1.165) is 6.20 Å². The van der Waals surface area contributed by atoms with Gasteiger partial charge in [0.15, 0.2) is 5.69 Å². The molecule has 0 saturated heterocycles. The maximum absolute atomic E-state index is 10.8. The molecule has 0 aromatic carbocycles. The van der Waals surface area contributed by atoms with Crippen molar-refractivity contribution >= 4 is 28.7 Å². The normalized spacial score (nSPS) is 10.1. The zero-order valence-electron chi connectivity index (χ0n) is 9.44. The van der Waals surface area contributed by atoms with Crippen molar-refractivity contribution in [2.75, 3.05) is 5.32 Å². The number of nitrogens with zero attached hydrogens (tertiary/aromatic N) is 3. The maximum atomic E-state index is 10.8. The predicted octanol–water partition coefficient (Wildman–Crippen LogP) is 1.76. The van der Waals surface area contributed by atoms with Crippen LogP contribution >= 0.6 is 11.3 Å². The molecule has 0 saturated carbocycles. The minimum atomic E-state index is -1.10. The lowest BCUT2D eigenvalue weighted by atomic mass is 10.3. The van der Waals surface area contributed by atoms with Crippen molar-refractivity contribution in [2.45, 2.75) is 6.54 Å². The maximum Gasteiger partial charge on any atom is 0.355 e. The Bertz CT molecular complexity index is 627. The molecule has 0 spiro atoms. The lowest BCUT2D eigenvalue weighted by molar-refractivity contribution is -0.384. The molecule has 0 radical (unpaired) electrons. The fourth-order valence-electron chi connectivity index (χ4n) is 1.34. The van der Waals surface area contributed by atoms with E-state index in [4.69, 9.17) is 5.11 Å². The third kappa shape index (κ3) is 3.01. The SMILES string of the molecule is O=C(O)c1csc(CNc2ccncc2[N+](=O)[O-])n1. The molecular weight excluding hydrogens is 272 g/mol. The van der Waals surface area contributed by atoms with Crippen LogP contribution in [0, 0.1) is 10.1 Å². The summed E-state index contributed by atoms with van der Waals surface area (Å²) >= 11 is 1.17. The molecule has 2 N–H and O–H groups in total. The average molecular weight is 280 g/mol. The zero-order valence-corrected chi connectivity index (χ0v) is 10.3. The van der Waals surface area contributed by atoms with Gasteiger partial charge in [0.1, 0.15) is 16.9 Å². The van der Waals surface area contributed by atoms with Gasteiger partial charge >= 0.3 is 11.7 Å². The molecule has 0 aliphatic carbocycles. The molecule has 98 valence electrons. The fourth-order valence-corrected chi connectivity index (χ4v) is 2.05. The van der Waals surface area contributed by atoms with E-state index in [9.17, 15) is 14.9 Å². The van der Waals surface area contributed by atoms with Gasteiger partial charge in [-0.2, -0.15) is 0 Å². The number of nitro groups is 1. The summed E-state index contributed by atoms with van der Waals surface area (Å²) < 4.78 is 0. The highest BCUT2D eigenvalue weighted by Gasteiger charge is 2.14. The first kappa shape index (κ1) is 12.9. The highest BCUT2D eigenvalue weighted by atomic mass is 32.1. The van der Waals surface area contributed by atoms with E-state index in [2.05, 4.69) is 15.3 Å². The van der Waals surface area contributed by atoms with Crippen molar-refractivity contribution in [2.24, 2.45) is 0 Å². The lowest BCUT2D eigenvalue weighted by Gasteiger charge is -2.03. The van der Waals surface area contributed by atoms with Crippen molar-refractivity contribution < 1.29 is 14.8 Å². The fraction of sp³-hybridized carbons (Fsp3) is 0.100. The highest BCUT2D eigenvalue weighted by molar-refractivity contribution is 7.09. The van der Waals surface area contributed by atoms with Gasteiger partial charge in [-0.25, -0.2) is 9.78 Å². The molecule has 0 aliphatic rings. The second kappa shape index (κ2) is 5.40. The van der Waals surface area contributed by atoms with Crippen LogP contribution in [0.5, 0.6) is 0 Å². The highest BCUT2D eigenvalue weighted by Crippen LogP contribution is 2.23. The van der Waals surface area contributed by atoms with Gasteiger partial charge in [0.05, 0.1) is 11.5 Å². The van der Waals surface area contributed by atoms with Crippen molar-refractivity contribution in [1.82, 2.24) is 9.97 Å². The molecule has 2 aromatic heterocycles. The molecule has 0 aliphatic heterocycles. The summed E-state index contributed by atoms with van der Waals surface area (Å²) in [6.45, 7) is 0.211. The number of carbonyl (C=O) groups is 1. The molecule has 2 aromatic rings. The smallest absolute Gasteiger partial charge is 0.355 e. The van der Waals surface area contributed by atoms with E-state index in [0.29, 0.717) is 10.7 Å². The van der Waals surface area contributed by atoms with Crippen molar-refractivity contribution in [3.05, 3.63) is 44.7 Å². The third-order valence-electron chi connectivity index (χ3n) is 2.20. The van der Waals surface area contributed by atoms with Crippen LogP contribution in [-0.2, 0) is 6.54 Å². The van der Waals surface area contributed by atoms with Crippen LogP contribution in [0.1, 0.15) is 15.5 Å². The second-order valence-electron chi connectivity index (χ2n) is 3.44. The predicted molar refractivity (Wildman–Crippen MR) is 67.3 cm³/mol. The summed E-state index contributed by atoms with van der Waals surface area (Å²) in [6, 6.07) is 1.48. The van der Waals surface area contributed by atoms with Crippen molar-refractivity contribution in [3.8, 4) is 0 Å². The number of carboxylic acid groups (broad SMARTS) is 1. The number of carboxylic acids is 1. The Morgan fingerprint density at radius 2 is 2.37 bits per heavy atom. The van der Waals surface area contributed by atoms with Crippen molar-refractivity contribution in [3.63, 3.8) is 0 Å². The van der Waals surface area contributed by atoms with E-state index in [1.54, 1.807) is 0 Å². The topological polar surface area (TPSA) is 118 Å². The minimum Gasteiger partial charge on any atom is -0.476 e. The monoisotopic (exact) mass is 280 g/mol. The summed E-state index contributed by atoms with van der Waals surface area (Å²) in [7, 11) is 0. The number of aromatic nitrogens is 2. The minimum absolute atomic E-state index is 0.0361. The van der Waals surface area contributed by atoms with Gasteiger partial charge in [0.2, 0.25) is 0 Å². The Morgan fingerprint density at radius 1 is 1.58 bits per heavy atom. The van der Waals surface area contributed by atoms with E-state index >= 15 is 0 Å². The second-order valence-corrected chi connectivity index (χ2v) is 4.38. The van der Waals surface area contributed by atoms with E-state index in [1.165, 1.54) is 29.0 Å². The van der Waals surface area contributed by atoms with Gasteiger partial charge in [0.25, 0.3) is 0 Å². The van der Waals surface area contributed by atoms with Crippen LogP contribution in [0.2, 0.25) is 0 Å². The lowest BCUT2D eigenvalue weighted by Crippen LogP contribution is -2.03. The van der Waals surface area contributed by atoms with Gasteiger partial charge < -0.3 is 10.4 Å². The zero-order chi connectivity index (χ0) is 13.8. The first-order valence-corrected chi connectivity index (χ1v) is 5.96. The number of nitrogens with one attached hydrogen (secondary N) is 1. The number of hydrogen-bond acceptors (Lipinski definition) is 7. The number of hydrogen-bond donors (Lipinski definition) is 2. The Balaban J connectivity index is 2.10. The summed E-state index contributed by atoms with van der Waals surface area (Å²) in [6.07, 6.45) is 2.58. The van der Waals surface area contributed by atoms with Crippen LogP contribution in [0.15, 0.2) is 23.8 Å². The van der Waals surface area contributed by atoms with Crippen LogP contribution in [0.3, 0.4) is 0 Å². The van der Waals surface area contributed by atoms with Crippen LogP contribution in [0.25, 0.3) is 0 Å². The van der Waals surface area contributed by atoms with Crippen LogP contribution < -0.4 is 5.32 Å². The Labute approximate surface area is 110 Å². The number of aromatic carboxylic acids is 1. The van der Waals surface area contributed by atoms with Gasteiger partial charge in [-0.15, -0.1) is 11.3 Å². The number of pyridine rings is 1. The first-order valence-electron chi connectivity index (χ1n) is 5.08. The molecule has 0 atom stereocenters. The molecule has 2 heterocycles. The van der Waals surface area contributed by atoms with Crippen LogP contribution in [-0.4, -0.2) is 26.0 Å². The molecule has 0 unspecified atom stereocenters. The molecule has 2 rings (SSSR count).